The predicted molar refractivity (Wildman–Crippen MR) is 74.7 cm³/mol. The van der Waals surface area contributed by atoms with Crippen LogP contribution >= 0.6 is 11.6 Å². The number of halogens is 1. The zero-order chi connectivity index (χ0) is 13.1. The van der Waals surface area contributed by atoms with Gasteiger partial charge in [-0.25, -0.2) is 4.98 Å². The number of nitrogens with zero attached hydrogens (tertiary/aromatic N) is 3. The molecular weight excluding hydrogens is 248 g/mol. The van der Waals surface area contributed by atoms with Crippen molar-refractivity contribution >= 4 is 23.4 Å². The number of nitrogens with two attached hydrogens (primary N) is 1. The molecule has 0 amide bonds. The summed E-state index contributed by atoms with van der Waals surface area (Å²) in [6.45, 7) is 2.79. The van der Waals surface area contributed by atoms with E-state index in [-0.39, 0.29) is 5.95 Å². The smallest absolute Gasteiger partial charge is 0.222 e. The first-order valence-electron chi connectivity index (χ1n) is 5.61. The van der Waals surface area contributed by atoms with E-state index < -0.39 is 0 Å². The Labute approximate surface area is 111 Å². The molecule has 1 heterocycles. The van der Waals surface area contributed by atoms with E-state index in [2.05, 4.69) is 35.1 Å². The Morgan fingerprint density at radius 3 is 2.89 bits per heavy atom. The molecule has 4 nitrogen and oxygen atoms in total. The fourth-order valence-electron chi connectivity index (χ4n) is 1.80. The molecule has 0 radical (unpaired) electrons. The van der Waals surface area contributed by atoms with E-state index in [0.29, 0.717) is 10.8 Å². The molecule has 2 rings (SSSR count). The average Bonchev–Trinajstić information content (AvgIpc) is 2.32. The molecular formula is C13H15ClN4. The molecule has 1 aromatic heterocycles. The monoisotopic (exact) mass is 262 g/mol. The molecule has 0 atom stereocenters. The van der Waals surface area contributed by atoms with Crippen molar-refractivity contribution in [3.05, 3.63) is 46.6 Å². The molecule has 5 heteroatoms. The molecule has 2 N–H and O–H groups in total. The van der Waals surface area contributed by atoms with Crippen molar-refractivity contribution in [2.75, 3.05) is 17.7 Å². The molecule has 0 unspecified atom stereocenters. The van der Waals surface area contributed by atoms with Gasteiger partial charge in [0.15, 0.2) is 5.82 Å². The van der Waals surface area contributed by atoms with Crippen LogP contribution in [0, 0.1) is 6.92 Å². The quantitative estimate of drug-likeness (QED) is 0.924. The van der Waals surface area contributed by atoms with Gasteiger partial charge < -0.3 is 10.6 Å². The second kappa shape index (κ2) is 5.23. The third kappa shape index (κ3) is 2.90. The summed E-state index contributed by atoms with van der Waals surface area (Å²) >= 11 is 6.07. The Balaban J connectivity index is 2.21. The maximum atomic E-state index is 6.07. The topological polar surface area (TPSA) is 55.0 Å². The van der Waals surface area contributed by atoms with Crippen molar-refractivity contribution in [3.63, 3.8) is 0 Å². The van der Waals surface area contributed by atoms with E-state index in [0.717, 1.165) is 6.54 Å². The summed E-state index contributed by atoms with van der Waals surface area (Å²) in [5.74, 6) is 0.871. The molecule has 0 saturated heterocycles. The van der Waals surface area contributed by atoms with Gasteiger partial charge in [0.2, 0.25) is 5.95 Å². The second-order valence-corrected chi connectivity index (χ2v) is 4.65. The SMILES string of the molecule is Cc1cccc(CN(C)c2nc(N)ncc2Cl)c1. The van der Waals surface area contributed by atoms with Crippen molar-refractivity contribution in [1.29, 1.82) is 0 Å². The lowest BCUT2D eigenvalue weighted by Gasteiger charge is -2.19. The highest BCUT2D eigenvalue weighted by Crippen LogP contribution is 2.23. The Morgan fingerprint density at radius 1 is 1.39 bits per heavy atom. The summed E-state index contributed by atoms with van der Waals surface area (Å²) in [6, 6.07) is 8.31. The van der Waals surface area contributed by atoms with Crippen molar-refractivity contribution < 1.29 is 0 Å². The second-order valence-electron chi connectivity index (χ2n) is 4.24. The van der Waals surface area contributed by atoms with Gasteiger partial charge in [0.05, 0.1) is 6.20 Å². The van der Waals surface area contributed by atoms with Gasteiger partial charge in [-0.1, -0.05) is 41.4 Å². The molecule has 1 aromatic carbocycles. The summed E-state index contributed by atoms with van der Waals surface area (Å²) in [4.78, 5) is 9.96. The standard InChI is InChI=1S/C13H15ClN4/c1-9-4-3-5-10(6-9)8-18(2)12-11(14)7-16-13(15)17-12/h3-7H,8H2,1-2H3,(H2,15,16,17). The lowest BCUT2D eigenvalue weighted by Crippen LogP contribution is -2.19. The zero-order valence-corrected chi connectivity index (χ0v) is 11.1. The maximum absolute atomic E-state index is 6.07. The Morgan fingerprint density at radius 2 is 2.17 bits per heavy atom. The third-order valence-corrected chi connectivity index (χ3v) is 2.87. The Kier molecular flexibility index (Phi) is 3.67. The minimum absolute atomic E-state index is 0.227. The highest BCUT2D eigenvalue weighted by molar-refractivity contribution is 6.32. The molecule has 0 saturated carbocycles. The first-order chi connectivity index (χ1) is 8.56. The Hall–Kier alpha value is -1.81. The molecule has 18 heavy (non-hydrogen) atoms. The first kappa shape index (κ1) is 12.6. The number of nitrogen functional groups attached to an aromatic ring is 1. The van der Waals surface area contributed by atoms with Gasteiger partial charge in [0.25, 0.3) is 0 Å². The van der Waals surface area contributed by atoms with E-state index in [1.165, 1.54) is 17.3 Å². The molecule has 0 aliphatic heterocycles. The van der Waals surface area contributed by atoms with Gasteiger partial charge in [0, 0.05) is 13.6 Å². The molecule has 0 fully saturated rings. The van der Waals surface area contributed by atoms with Crippen LogP contribution in [-0.2, 0) is 6.54 Å². The van der Waals surface area contributed by atoms with Crippen LogP contribution in [0.3, 0.4) is 0 Å². The minimum Gasteiger partial charge on any atom is -0.368 e. The normalized spacial score (nSPS) is 10.4. The highest BCUT2D eigenvalue weighted by atomic mass is 35.5. The lowest BCUT2D eigenvalue weighted by molar-refractivity contribution is 0.892. The summed E-state index contributed by atoms with van der Waals surface area (Å²) < 4.78 is 0. The molecule has 0 aliphatic carbocycles. The molecule has 0 bridgehead atoms. The van der Waals surface area contributed by atoms with Crippen LogP contribution in [0.2, 0.25) is 5.02 Å². The van der Waals surface area contributed by atoms with Crippen LogP contribution in [0.15, 0.2) is 30.5 Å². The third-order valence-electron chi connectivity index (χ3n) is 2.61. The van der Waals surface area contributed by atoms with Crippen LogP contribution in [0.1, 0.15) is 11.1 Å². The van der Waals surface area contributed by atoms with Crippen molar-refractivity contribution in [2.24, 2.45) is 0 Å². The van der Waals surface area contributed by atoms with Crippen LogP contribution in [0.4, 0.5) is 11.8 Å². The van der Waals surface area contributed by atoms with Crippen LogP contribution < -0.4 is 10.6 Å². The number of aromatic nitrogens is 2. The molecule has 0 spiro atoms. The van der Waals surface area contributed by atoms with Crippen molar-refractivity contribution in [1.82, 2.24) is 9.97 Å². The number of hydrogen-bond donors (Lipinski definition) is 1. The van der Waals surface area contributed by atoms with Gasteiger partial charge in [-0.3, -0.25) is 0 Å². The minimum atomic E-state index is 0.227. The van der Waals surface area contributed by atoms with E-state index in [9.17, 15) is 0 Å². The molecule has 2 aromatic rings. The number of aryl methyl sites for hydroxylation is 1. The first-order valence-corrected chi connectivity index (χ1v) is 5.99. The summed E-state index contributed by atoms with van der Waals surface area (Å²) in [5.41, 5.74) is 8.01. The number of hydrogen-bond acceptors (Lipinski definition) is 4. The maximum Gasteiger partial charge on any atom is 0.222 e. The van der Waals surface area contributed by atoms with E-state index in [1.807, 2.05) is 18.0 Å². The molecule has 94 valence electrons. The number of anilines is 2. The van der Waals surface area contributed by atoms with Gasteiger partial charge in [0.1, 0.15) is 5.02 Å². The summed E-state index contributed by atoms with van der Waals surface area (Å²) in [6.07, 6.45) is 1.52. The van der Waals surface area contributed by atoms with Gasteiger partial charge in [-0.2, -0.15) is 4.98 Å². The van der Waals surface area contributed by atoms with Crippen LogP contribution in [0.5, 0.6) is 0 Å². The van der Waals surface area contributed by atoms with Crippen molar-refractivity contribution in [3.8, 4) is 0 Å². The number of benzene rings is 1. The average molecular weight is 263 g/mol. The van der Waals surface area contributed by atoms with Gasteiger partial charge in [-0.05, 0) is 12.5 Å². The number of rotatable bonds is 3. The molecule has 0 aliphatic rings. The fourth-order valence-corrected chi connectivity index (χ4v) is 2.03. The fraction of sp³-hybridized carbons (Fsp3) is 0.231. The van der Waals surface area contributed by atoms with E-state index in [1.54, 1.807) is 0 Å². The zero-order valence-electron chi connectivity index (χ0n) is 10.4. The highest BCUT2D eigenvalue weighted by Gasteiger charge is 2.09. The van der Waals surface area contributed by atoms with Crippen LogP contribution in [-0.4, -0.2) is 17.0 Å². The largest absolute Gasteiger partial charge is 0.368 e. The van der Waals surface area contributed by atoms with Gasteiger partial charge >= 0.3 is 0 Å². The summed E-state index contributed by atoms with van der Waals surface area (Å²) in [7, 11) is 1.93. The van der Waals surface area contributed by atoms with Crippen molar-refractivity contribution in [2.45, 2.75) is 13.5 Å². The van der Waals surface area contributed by atoms with E-state index >= 15 is 0 Å². The lowest BCUT2D eigenvalue weighted by atomic mass is 10.1. The van der Waals surface area contributed by atoms with E-state index in [4.69, 9.17) is 17.3 Å². The van der Waals surface area contributed by atoms with Crippen LogP contribution in [0.25, 0.3) is 0 Å². The van der Waals surface area contributed by atoms with Gasteiger partial charge in [-0.15, -0.1) is 0 Å². The summed E-state index contributed by atoms with van der Waals surface area (Å²) in [5, 5.41) is 0.499. The Bertz CT molecular complexity index is 556. The predicted octanol–water partition coefficient (Wildman–Crippen LogP) is 2.66.